The summed E-state index contributed by atoms with van der Waals surface area (Å²) in [5, 5.41) is 3.59. The van der Waals surface area contributed by atoms with E-state index in [1.807, 2.05) is 38.1 Å². The molecule has 3 rings (SSSR count). The van der Waals surface area contributed by atoms with Crippen LogP contribution in [0.5, 0.6) is 5.75 Å². The van der Waals surface area contributed by atoms with Gasteiger partial charge in [0, 0.05) is 23.7 Å². The highest BCUT2D eigenvalue weighted by atomic mass is 32.2. The quantitative estimate of drug-likeness (QED) is 0.371. The molecule has 0 atom stereocenters. The lowest BCUT2D eigenvalue weighted by atomic mass is 9.86. The molecule has 1 aromatic heterocycles. The van der Waals surface area contributed by atoms with Gasteiger partial charge in [0.15, 0.2) is 5.16 Å². The number of nitrogens with one attached hydrogen (secondary N) is 1. The van der Waals surface area contributed by atoms with E-state index in [9.17, 15) is 4.79 Å². The number of anilines is 1. The topological polar surface area (TPSA) is 73.3 Å². The van der Waals surface area contributed by atoms with Crippen LogP contribution in [-0.2, 0) is 10.3 Å². The number of thioether (sulfide) groups is 1. The van der Waals surface area contributed by atoms with Crippen LogP contribution in [0, 0.1) is 0 Å². The number of ether oxygens (including phenoxy) is 2. The second-order valence-electron chi connectivity index (χ2n) is 6.36. The summed E-state index contributed by atoms with van der Waals surface area (Å²) in [5.74, 6) is 1.77. The SMILES string of the molecule is CCC1(CC)OC(=O)Nc2ccc(OCCCCSc3ncccn3)cc21. The molecule has 1 aromatic carbocycles. The molecule has 1 aliphatic rings. The van der Waals surface area contributed by atoms with Crippen LogP contribution >= 0.6 is 11.8 Å². The Bertz CT molecular complexity index is 766. The van der Waals surface area contributed by atoms with Gasteiger partial charge in [-0.15, -0.1) is 0 Å². The Balaban J connectivity index is 1.52. The van der Waals surface area contributed by atoms with E-state index in [-0.39, 0.29) is 6.09 Å². The van der Waals surface area contributed by atoms with Gasteiger partial charge in [0.1, 0.15) is 11.4 Å². The number of hydrogen-bond acceptors (Lipinski definition) is 6. The lowest BCUT2D eigenvalue weighted by Gasteiger charge is -2.37. The predicted octanol–water partition coefficient (Wildman–Crippen LogP) is 5.01. The first-order valence-corrected chi connectivity index (χ1v) is 10.3. The fourth-order valence-corrected chi connectivity index (χ4v) is 3.96. The van der Waals surface area contributed by atoms with Crippen molar-refractivity contribution in [1.29, 1.82) is 0 Å². The van der Waals surface area contributed by atoms with Crippen LogP contribution in [0.1, 0.15) is 45.1 Å². The van der Waals surface area contributed by atoms with E-state index < -0.39 is 5.60 Å². The molecule has 0 aliphatic carbocycles. The summed E-state index contributed by atoms with van der Waals surface area (Å²) in [4.78, 5) is 20.2. The van der Waals surface area contributed by atoms with Crippen molar-refractivity contribution in [2.75, 3.05) is 17.7 Å². The van der Waals surface area contributed by atoms with Gasteiger partial charge in [-0.2, -0.15) is 0 Å². The third-order valence-corrected chi connectivity index (χ3v) is 5.69. The standard InChI is InChI=1S/C20H25N3O3S/c1-3-20(4-2)16-14-15(8-9-17(16)23-19(24)26-20)25-12-5-6-13-27-18-21-10-7-11-22-18/h7-11,14H,3-6,12-13H2,1-2H3,(H,23,24). The Morgan fingerprint density at radius 1 is 1.19 bits per heavy atom. The first kappa shape index (κ1) is 19.5. The average Bonchev–Trinajstić information content (AvgIpc) is 2.70. The maximum Gasteiger partial charge on any atom is 0.412 e. The Morgan fingerprint density at radius 2 is 1.96 bits per heavy atom. The number of benzene rings is 1. The average molecular weight is 388 g/mol. The van der Waals surface area contributed by atoms with Crippen molar-refractivity contribution in [3.8, 4) is 5.75 Å². The highest BCUT2D eigenvalue weighted by Gasteiger charge is 2.39. The number of unbranched alkanes of at least 4 members (excludes halogenated alkanes) is 1. The predicted molar refractivity (Wildman–Crippen MR) is 106 cm³/mol. The molecule has 6 nitrogen and oxygen atoms in total. The molecular weight excluding hydrogens is 362 g/mol. The lowest BCUT2D eigenvalue weighted by molar-refractivity contribution is 0.00453. The van der Waals surface area contributed by atoms with Gasteiger partial charge in [-0.05, 0) is 49.9 Å². The Labute approximate surface area is 164 Å². The highest BCUT2D eigenvalue weighted by molar-refractivity contribution is 7.99. The van der Waals surface area contributed by atoms with Gasteiger partial charge >= 0.3 is 6.09 Å². The minimum atomic E-state index is -0.580. The second kappa shape index (κ2) is 9.08. The summed E-state index contributed by atoms with van der Waals surface area (Å²) >= 11 is 1.66. The van der Waals surface area contributed by atoms with Crippen LogP contribution in [0.4, 0.5) is 10.5 Å². The van der Waals surface area contributed by atoms with E-state index in [1.165, 1.54) is 0 Å². The minimum absolute atomic E-state index is 0.389. The molecule has 1 aliphatic heterocycles. The number of rotatable bonds is 9. The lowest BCUT2D eigenvalue weighted by Crippen LogP contribution is -2.38. The van der Waals surface area contributed by atoms with Crippen LogP contribution in [0.25, 0.3) is 0 Å². The van der Waals surface area contributed by atoms with Gasteiger partial charge in [0.05, 0.1) is 12.3 Å². The van der Waals surface area contributed by atoms with Crippen molar-refractivity contribution in [2.24, 2.45) is 0 Å². The normalized spacial score (nSPS) is 14.8. The number of fused-ring (bicyclic) bond motifs is 1. The number of aromatic nitrogens is 2. The molecule has 0 bridgehead atoms. The Morgan fingerprint density at radius 3 is 2.70 bits per heavy atom. The van der Waals surface area contributed by atoms with Crippen LogP contribution in [-0.4, -0.2) is 28.4 Å². The monoisotopic (exact) mass is 387 g/mol. The third-order valence-electron chi connectivity index (χ3n) is 4.73. The van der Waals surface area contributed by atoms with Crippen LogP contribution in [0.15, 0.2) is 41.8 Å². The zero-order valence-corrected chi connectivity index (χ0v) is 16.6. The number of amides is 1. The van der Waals surface area contributed by atoms with E-state index in [0.717, 1.165) is 53.6 Å². The van der Waals surface area contributed by atoms with Gasteiger partial charge in [0.25, 0.3) is 0 Å². The van der Waals surface area contributed by atoms with Crippen LogP contribution in [0.3, 0.4) is 0 Å². The summed E-state index contributed by atoms with van der Waals surface area (Å²) in [5.41, 5.74) is 1.21. The molecule has 2 aromatic rings. The van der Waals surface area contributed by atoms with Crippen LogP contribution < -0.4 is 10.1 Å². The first-order valence-electron chi connectivity index (χ1n) is 9.34. The number of carbonyl (C=O) groups is 1. The van der Waals surface area contributed by atoms with E-state index in [2.05, 4.69) is 15.3 Å². The molecule has 2 heterocycles. The highest BCUT2D eigenvalue weighted by Crippen LogP contribution is 2.42. The summed E-state index contributed by atoms with van der Waals surface area (Å²) in [6.07, 6.45) is 6.57. The zero-order chi connectivity index (χ0) is 19.1. The molecular formula is C20H25N3O3S. The molecule has 0 radical (unpaired) electrons. The van der Waals surface area contributed by atoms with Gasteiger partial charge in [-0.25, -0.2) is 14.8 Å². The molecule has 0 saturated heterocycles. The first-order chi connectivity index (χ1) is 13.2. The number of carbonyl (C=O) groups excluding carboxylic acids is 1. The Kier molecular flexibility index (Phi) is 6.55. The van der Waals surface area contributed by atoms with Crippen LogP contribution in [0.2, 0.25) is 0 Å². The molecule has 27 heavy (non-hydrogen) atoms. The maximum atomic E-state index is 11.8. The van der Waals surface area contributed by atoms with Gasteiger partial charge in [-0.3, -0.25) is 5.32 Å². The molecule has 1 amide bonds. The summed E-state index contributed by atoms with van der Waals surface area (Å²) in [6.45, 7) is 4.72. The fraction of sp³-hybridized carbons (Fsp3) is 0.450. The van der Waals surface area contributed by atoms with E-state index in [4.69, 9.17) is 9.47 Å². The summed E-state index contributed by atoms with van der Waals surface area (Å²) < 4.78 is 11.6. The van der Waals surface area contributed by atoms with E-state index in [0.29, 0.717) is 6.61 Å². The molecule has 144 valence electrons. The molecule has 0 unspecified atom stereocenters. The second-order valence-corrected chi connectivity index (χ2v) is 7.42. The van der Waals surface area contributed by atoms with Gasteiger partial charge in [0.2, 0.25) is 0 Å². The van der Waals surface area contributed by atoms with Crippen molar-refractivity contribution in [3.63, 3.8) is 0 Å². The van der Waals surface area contributed by atoms with Crippen molar-refractivity contribution < 1.29 is 14.3 Å². The van der Waals surface area contributed by atoms with E-state index >= 15 is 0 Å². The van der Waals surface area contributed by atoms with E-state index in [1.54, 1.807) is 24.2 Å². The number of hydrogen-bond donors (Lipinski definition) is 1. The van der Waals surface area contributed by atoms with Crippen molar-refractivity contribution in [2.45, 2.75) is 50.3 Å². The fourth-order valence-electron chi connectivity index (χ4n) is 3.16. The summed E-state index contributed by atoms with van der Waals surface area (Å²) in [6, 6.07) is 7.61. The number of nitrogens with zero attached hydrogens (tertiary/aromatic N) is 2. The van der Waals surface area contributed by atoms with Crippen molar-refractivity contribution >= 4 is 23.5 Å². The Hall–Kier alpha value is -2.28. The largest absolute Gasteiger partial charge is 0.494 e. The van der Waals surface area contributed by atoms with Gasteiger partial charge in [-0.1, -0.05) is 25.6 Å². The molecule has 7 heteroatoms. The molecule has 0 saturated carbocycles. The van der Waals surface area contributed by atoms with Crippen molar-refractivity contribution in [3.05, 3.63) is 42.2 Å². The molecule has 0 spiro atoms. The number of cyclic esters (lactones) is 1. The third kappa shape index (κ3) is 4.71. The maximum absolute atomic E-state index is 11.8. The minimum Gasteiger partial charge on any atom is -0.494 e. The molecule has 0 fully saturated rings. The zero-order valence-electron chi connectivity index (χ0n) is 15.7. The van der Waals surface area contributed by atoms with Crippen molar-refractivity contribution in [1.82, 2.24) is 9.97 Å². The van der Waals surface area contributed by atoms with Gasteiger partial charge < -0.3 is 9.47 Å². The smallest absolute Gasteiger partial charge is 0.412 e. The molecule has 1 N–H and O–H groups in total. The summed E-state index contributed by atoms with van der Waals surface area (Å²) in [7, 11) is 0.